The Kier molecular flexibility index (Phi) is 5.20. The van der Waals surface area contributed by atoms with E-state index in [1.54, 1.807) is 4.90 Å². The summed E-state index contributed by atoms with van der Waals surface area (Å²) >= 11 is 5.97. The third-order valence-corrected chi connectivity index (χ3v) is 4.28. The van der Waals surface area contributed by atoms with E-state index in [9.17, 15) is 20.0 Å². The van der Waals surface area contributed by atoms with Crippen LogP contribution in [-0.4, -0.2) is 40.2 Å². The summed E-state index contributed by atoms with van der Waals surface area (Å²) in [7, 11) is 0. The van der Waals surface area contributed by atoms with Gasteiger partial charge in [0, 0.05) is 18.7 Å². The van der Waals surface area contributed by atoms with Gasteiger partial charge in [-0.3, -0.25) is 10.1 Å². The van der Waals surface area contributed by atoms with Crippen LogP contribution in [0.1, 0.15) is 19.8 Å². The van der Waals surface area contributed by atoms with E-state index in [-0.39, 0.29) is 35.3 Å². The van der Waals surface area contributed by atoms with Crippen molar-refractivity contribution in [1.29, 1.82) is 0 Å². The van der Waals surface area contributed by atoms with E-state index in [0.29, 0.717) is 12.2 Å². The predicted octanol–water partition coefficient (Wildman–Crippen LogP) is 2.87. The monoisotopic (exact) mass is 327 g/mol. The first kappa shape index (κ1) is 16.5. The predicted molar refractivity (Wildman–Crippen MR) is 83.1 cm³/mol. The fourth-order valence-corrected chi connectivity index (χ4v) is 2.91. The van der Waals surface area contributed by atoms with Crippen molar-refractivity contribution in [2.45, 2.75) is 25.8 Å². The van der Waals surface area contributed by atoms with Crippen molar-refractivity contribution in [2.24, 2.45) is 5.92 Å². The quantitative estimate of drug-likeness (QED) is 0.659. The molecule has 1 aromatic carbocycles. The van der Waals surface area contributed by atoms with Crippen LogP contribution in [0.2, 0.25) is 5.02 Å². The Labute approximate surface area is 133 Å². The number of nitro benzene ring substituents is 1. The minimum atomic E-state index is -0.550. The van der Waals surface area contributed by atoms with Gasteiger partial charge in [0.15, 0.2) is 0 Å². The zero-order valence-electron chi connectivity index (χ0n) is 12.2. The number of aliphatic hydroxyl groups is 1. The molecule has 120 valence electrons. The number of hydrogen-bond acceptors (Lipinski definition) is 4. The van der Waals surface area contributed by atoms with E-state index in [1.807, 2.05) is 6.92 Å². The Morgan fingerprint density at radius 2 is 2.32 bits per heavy atom. The van der Waals surface area contributed by atoms with E-state index in [2.05, 4.69) is 5.32 Å². The minimum Gasteiger partial charge on any atom is -0.394 e. The molecule has 22 heavy (non-hydrogen) atoms. The summed E-state index contributed by atoms with van der Waals surface area (Å²) < 4.78 is 0. The fraction of sp³-hybridized carbons (Fsp3) is 0.500. The lowest BCUT2D eigenvalue weighted by Crippen LogP contribution is -2.51. The molecule has 2 unspecified atom stereocenters. The number of non-ortho nitro benzene ring substituents is 1. The van der Waals surface area contributed by atoms with Gasteiger partial charge in [-0.15, -0.1) is 0 Å². The van der Waals surface area contributed by atoms with Gasteiger partial charge in [-0.25, -0.2) is 4.79 Å². The smallest absolute Gasteiger partial charge is 0.322 e. The third kappa shape index (κ3) is 3.48. The number of likely N-dealkylation sites (tertiary alicyclic amines) is 1. The number of piperidine rings is 1. The number of nitro groups is 1. The van der Waals surface area contributed by atoms with Crippen molar-refractivity contribution in [3.05, 3.63) is 33.3 Å². The fourth-order valence-electron chi connectivity index (χ4n) is 2.69. The van der Waals surface area contributed by atoms with Crippen molar-refractivity contribution in [2.75, 3.05) is 18.5 Å². The number of benzene rings is 1. The highest BCUT2D eigenvalue weighted by molar-refractivity contribution is 6.33. The summed E-state index contributed by atoms with van der Waals surface area (Å²) in [5, 5.41) is 22.9. The van der Waals surface area contributed by atoms with Gasteiger partial charge in [0.2, 0.25) is 0 Å². The lowest BCUT2D eigenvalue weighted by Gasteiger charge is -2.38. The number of nitrogens with zero attached hydrogens (tertiary/aromatic N) is 2. The molecule has 0 radical (unpaired) electrons. The number of nitrogens with one attached hydrogen (secondary N) is 1. The number of carbonyl (C=O) groups is 1. The van der Waals surface area contributed by atoms with Crippen LogP contribution in [0.25, 0.3) is 0 Å². The van der Waals surface area contributed by atoms with Gasteiger partial charge in [-0.2, -0.15) is 0 Å². The maximum atomic E-state index is 12.4. The summed E-state index contributed by atoms with van der Waals surface area (Å²) in [5.74, 6) is 0.219. The number of rotatable bonds is 3. The maximum Gasteiger partial charge on any atom is 0.322 e. The van der Waals surface area contributed by atoms with Gasteiger partial charge in [-0.1, -0.05) is 18.5 Å². The molecular weight excluding hydrogens is 310 g/mol. The van der Waals surface area contributed by atoms with Crippen LogP contribution in [-0.2, 0) is 0 Å². The van der Waals surface area contributed by atoms with Gasteiger partial charge in [0.25, 0.3) is 5.69 Å². The Bertz CT molecular complexity index is 581. The summed E-state index contributed by atoms with van der Waals surface area (Å²) in [5.41, 5.74) is 0.176. The Hall–Kier alpha value is -1.86. The zero-order chi connectivity index (χ0) is 16.3. The Morgan fingerprint density at radius 3 is 2.91 bits per heavy atom. The average molecular weight is 328 g/mol. The molecular formula is C14H18ClN3O4. The van der Waals surface area contributed by atoms with E-state index >= 15 is 0 Å². The highest BCUT2D eigenvalue weighted by Crippen LogP contribution is 2.28. The minimum absolute atomic E-state index is 0.0947. The molecule has 0 saturated carbocycles. The van der Waals surface area contributed by atoms with E-state index < -0.39 is 4.92 Å². The molecule has 2 atom stereocenters. The topological polar surface area (TPSA) is 95.7 Å². The normalized spacial score (nSPS) is 21.5. The standard InChI is InChI=1S/C14H18ClN3O4/c1-9-3-2-6-17(13(9)8-19)14(20)16-12-5-4-10(18(21)22)7-11(12)15/h4-5,7,9,13,19H,2-3,6,8H2,1H3,(H,16,20). The second kappa shape index (κ2) is 6.93. The number of hydrogen-bond donors (Lipinski definition) is 2. The first-order valence-electron chi connectivity index (χ1n) is 7.06. The molecule has 8 heteroatoms. The van der Waals surface area contributed by atoms with Crippen molar-refractivity contribution in [3.8, 4) is 0 Å². The molecule has 2 amide bonds. The molecule has 1 heterocycles. The second-order valence-corrected chi connectivity index (χ2v) is 5.82. The molecule has 1 aliphatic rings. The zero-order valence-corrected chi connectivity index (χ0v) is 12.9. The van der Waals surface area contributed by atoms with Crippen LogP contribution >= 0.6 is 11.6 Å². The third-order valence-electron chi connectivity index (χ3n) is 3.97. The Morgan fingerprint density at radius 1 is 1.59 bits per heavy atom. The van der Waals surface area contributed by atoms with Crippen molar-refractivity contribution in [1.82, 2.24) is 4.90 Å². The van der Waals surface area contributed by atoms with Gasteiger partial charge >= 0.3 is 6.03 Å². The van der Waals surface area contributed by atoms with Crippen LogP contribution in [0.3, 0.4) is 0 Å². The van der Waals surface area contributed by atoms with Gasteiger partial charge < -0.3 is 15.3 Å². The average Bonchev–Trinajstić information content (AvgIpc) is 2.48. The molecule has 2 rings (SSSR count). The number of urea groups is 1. The SMILES string of the molecule is CC1CCCN(C(=O)Nc2ccc([N+](=O)[O-])cc2Cl)C1CO. The van der Waals surface area contributed by atoms with Crippen molar-refractivity contribution in [3.63, 3.8) is 0 Å². The van der Waals surface area contributed by atoms with Gasteiger partial charge in [0.05, 0.1) is 28.3 Å². The summed E-state index contributed by atoms with van der Waals surface area (Å²) in [4.78, 5) is 24.1. The second-order valence-electron chi connectivity index (χ2n) is 5.41. The molecule has 7 nitrogen and oxygen atoms in total. The Balaban J connectivity index is 2.12. The van der Waals surface area contributed by atoms with E-state index in [1.165, 1.54) is 18.2 Å². The first-order valence-corrected chi connectivity index (χ1v) is 7.44. The molecule has 1 aliphatic heterocycles. The summed E-state index contributed by atoms with van der Waals surface area (Å²) in [6, 6.07) is 3.29. The lowest BCUT2D eigenvalue weighted by molar-refractivity contribution is -0.384. The molecule has 0 aromatic heterocycles. The number of carbonyl (C=O) groups excluding carboxylic acids is 1. The van der Waals surface area contributed by atoms with Crippen molar-refractivity contribution >= 4 is 29.0 Å². The molecule has 1 saturated heterocycles. The van der Waals surface area contributed by atoms with E-state index in [0.717, 1.165) is 12.8 Å². The molecule has 0 bridgehead atoms. The lowest BCUT2D eigenvalue weighted by atomic mass is 9.91. The maximum absolute atomic E-state index is 12.4. The van der Waals surface area contributed by atoms with Crippen LogP contribution in [0, 0.1) is 16.0 Å². The first-order chi connectivity index (χ1) is 10.4. The largest absolute Gasteiger partial charge is 0.394 e. The van der Waals surface area contributed by atoms with Crippen LogP contribution in [0.4, 0.5) is 16.2 Å². The highest BCUT2D eigenvalue weighted by Gasteiger charge is 2.31. The van der Waals surface area contributed by atoms with Gasteiger partial charge in [0.1, 0.15) is 0 Å². The van der Waals surface area contributed by atoms with Crippen molar-refractivity contribution < 1.29 is 14.8 Å². The van der Waals surface area contributed by atoms with Crippen LogP contribution in [0.5, 0.6) is 0 Å². The summed E-state index contributed by atoms with van der Waals surface area (Å²) in [6.07, 6.45) is 1.84. The highest BCUT2D eigenvalue weighted by atomic mass is 35.5. The van der Waals surface area contributed by atoms with Gasteiger partial charge in [-0.05, 0) is 24.8 Å². The summed E-state index contributed by atoms with van der Waals surface area (Å²) in [6.45, 7) is 2.47. The molecule has 2 N–H and O–H groups in total. The molecule has 1 aromatic rings. The number of anilines is 1. The number of amides is 2. The van der Waals surface area contributed by atoms with Crippen LogP contribution in [0.15, 0.2) is 18.2 Å². The van der Waals surface area contributed by atoms with Crippen LogP contribution < -0.4 is 5.32 Å². The van der Waals surface area contributed by atoms with E-state index in [4.69, 9.17) is 11.6 Å². The molecule has 0 aliphatic carbocycles. The molecule has 0 spiro atoms. The molecule has 1 fully saturated rings. The number of aliphatic hydroxyl groups excluding tert-OH is 1. The number of halogens is 1.